The molecule has 0 amide bonds. The molecule has 6 unspecified atom stereocenters. The van der Waals surface area contributed by atoms with Gasteiger partial charge in [-0.3, -0.25) is 0 Å². The van der Waals surface area contributed by atoms with E-state index in [0.29, 0.717) is 42.8 Å². The average Bonchev–Trinajstić information content (AvgIpc) is 3.46. The maximum Gasteiger partial charge on any atom is 0.341 e. The third-order valence-electron chi connectivity index (χ3n) is 6.66. The highest BCUT2D eigenvalue weighted by molar-refractivity contribution is 5.90. The monoisotopic (exact) mass is 388 g/mol. The zero-order chi connectivity index (χ0) is 19.8. The fraction of sp³-hybridized carbons (Fsp3) is 0.619. The lowest BCUT2D eigenvalue weighted by molar-refractivity contribution is -0.154. The number of furan rings is 1. The van der Waals surface area contributed by atoms with Gasteiger partial charge in [0, 0.05) is 12.8 Å². The van der Waals surface area contributed by atoms with Crippen molar-refractivity contribution in [2.75, 3.05) is 7.11 Å². The van der Waals surface area contributed by atoms with Gasteiger partial charge in [-0.05, 0) is 38.7 Å². The first-order chi connectivity index (χ1) is 13.3. The molecule has 3 saturated heterocycles. The fourth-order valence-electron chi connectivity index (χ4n) is 4.78. The number of ether oxygens (including phenoxy) is 4. The Kier molecular flexibility index (Phi) is 3.65. The molecule has 28 heavy (non-hydrogen) atoms. The van der Waals surface area contributed by atoms with Crippen molar-refractivity contribution in [3.8, 4) is 0 Å². The minimum atomic E-state index is -0.828. The summed E-state index contributed by atoms with van der Waals surface area (Å²) in [6.45, 7) is 8.01. The molecule has 7 heteroatoms. The number of fused-ring (bicyclic) bond motifs is 4. The zero-order valence-electron chi connectivity index (χ0n) is 16.3. The van der Waals surface area contributed by atoms with Gasteiger partial charge in [0.15, 0.2) is 5.60 Å². The quantitative estimate of drug-likeness (QED) is 0.437. The van der Waals surface area contributed by atoms with Crippen LogP contribution in [0, 0.1) is 5.92 Å². The highest BCUT2D eigenvalue weighted by Crippen LogP contribution is 2.58. The number of methoxy groups -OCH3 is 1. The molecule has 4 bridgehead atoms. The highest BCUT2D eigenvalue weighted by Gasteiger charge is 2.74. The van der Waals surface area contributed by atoms with Gasteiger partial charge in [0.25, 0.3) is 0 Å². The molecule has 0 saturated carbocycles. The Morgan fingerprint density at radius 2 is 2.14 bits per heavy atom. The molecule has 4 aliphatic rings. The van der Waals surface area contributed by atoms with Crippen molar-refractivity contribution < 1.29 is 33.0 Å². The number of carbonyl (C=O) groups excluding carboxylic acids is 2. The second kappa shape index (κ2) is 5.70. The average molecular weight is 388 g/mol. The Morgan fingerprint density at radius 1 is 1.36 bits per heavy atom. The van der Waals surface area contributed by atoms with Crippen LogP contribution in [-0.4, -0.2) is 42.5 Å². The molecule has 0 radical (unpaired) electrons. The van der Waals surface area contributed by atoms with Crippen LogP contribution in [0.1, 0.15) is 61.1 Å². The number of rotatable bonds is 2. The number of hydrogen-bond donors (Lipinski definition) is 0. The van der Waals surface area contributed by atoms with Crippen molar-refractivity contribution in [1.82, 2.24) is 0 Å². The van der Waals surface area contributed by atoms with Crippen LogP contribution in [-0.2, 0) is 30.2 Å². The molecule has 150 valence electrons. The summed E-state index contributed by atoms with van der Waals surface area (Å²) in [5.74, 6) is 0.521. The van der Waals surface area contributed by atoms with Crippen LogP contribution in [0.25, 0.3) is 0 Å². The van der Waals surface area contributed by atoms with Crippen molar-refractivity contribution >= 4 is 11.9 Å². The highest BCUT2D eigenvalue weighted by atomic mass is 16.7. The molecular formula is C21H24O7. The summed E-state index contributed by atoms with van der Waals surface area (Å²) in [5, 5.41) is 0. The normalized spacial score (nSPS) is 40.8. The molecule has 1 aromatic rings. The molecule has 3 fully saturated rings. The molecule has 1 aromatic heterocycles. The topological polar surface area (TPSA) is 90.8 Å². The lowest BCUT2D eigenvalue weighted by Gasteiger charge is -2.18. The Balaban J connectivity index is 1.53. The first-order valence-electron chi connectivity index (χ1n) is 9.70. The first kappa shape index (κ1) is 17.9. The van der Waals surface area contributed by atoms with Crippen molar-refractivity contribution in [1.29, 1.82) is 0 Å². The van der Waals surface area contributed by atoms with E-state index in [1.54, 1.807) is 6.07 Å². The number of esters is 2. The predicted molar refractivity (Wildman–Crippen MR) is 95.6 cm³/mol. The molecule has 6 atom stereocenters. The van der Waals surface area contributed by atoms with Crippen LogP contribution in [0.5, 0.6) is 0 Å². The summed E-state index contributed by atoms with van der Waals surface area (Å²) in [6.07, 6.45) is 1.48. The Hall–Kier alpha value is -2.12. The van der Waals surface area contributed by atoms with E-state index in [4.69, 9.17) is 23.4 Å². The summed E-state index contributed by atoms with van der Waals surface area (Å²) in [6, 6.07) is 1.72. The standard InChI is InChI=1S/C21H24O7/c1-10(2)11-5-6-21-17(28-21)15(26-19(21)23)9-20(3)16(27-20)14-8-12(18(22)24-4)13(7-11)25-14/h8,11,15-17H,1,5-7,9H2,2-4H3. The summed E-state index contributed by atoms with van der Waals surface area (Å²) in [7, 11) is 1.36. The molecule has 0 aliphatic carbocycles. The van der Waals surface area contributed by atoms with Crippen molar-refractivity contribution in [3.05, 3.63) is 35.3 Å². The third-order valence-corrected chi connectivity index (χ3v) is 6.66. The van der Waals surface area contributed by atoms with Gasteiger partial charge < -0.3 is 23.4 Å². The second-order valence-corrected chi connectivity index (χ2v) is 8.65. The van der Waals surface area contributed by atoms with E-state index in [9.17, 15) is 9.59 Å². The van der Waals surface area contributed by atoms with E-state index in [1.807, 2.05) is 13.8 Å². The number of epoxide rings is 2. The Morgan fingerprint density at radius 3 is 2.82 bits per heavy atom. The molecule has 5 rings (SSSR count). The van der Waals surface area contributed by atoms with E-state index in [2.05, 4.69) is 6.58 Å². The fourth-order valence-corrected chi connectivity index (χ4v) is 4.78. The lowest BCUT2D eigenvalue weighted by Crippen LogP contribution is -2.24. The molecule has 0 aromatic carbocycles. The van der Waals surface area contributed by atoms with Crippen molar-refractivity contribution in [3.63, 3.8) is 0 Å². The minimum absolute atomic E-state index is 0.0424. The van der Waals surface area contributed by atoms with Crippen molar-refractivity contribution in [2.24, 2.45) is 5.92 Å². The molecule has 0 N–H and O–H groups in total. The van der Waals surface area contributed by atoms with E-state index < -0.39 is 17.2 Å². The molecule has 0 spiro atoms. The first-order valence-corrected chi connectivity index (χ1v) is 9.70. The van der Waals surface area contributed by atoms with Gasteiger partial charge in [-0.25, -0.2) is 9.59 Å². The zero-order valence-corrected chi connectivity index (χ0v) is 16.3. The number of allylic oxidation sites excluding steroid dienone is 1. The molecule has 5 heterocycles. The van der Waals surface area contributed by atoms with Gasteiger partial charge in [-0.15, -0.1) is 0 Å². The summed E-state index contributed by atoms with van der Waals surface area (Å²) < 4.78 is 28.4. The SMILES string of the molecule is C=C(C)C1CCC23OC2C(CC2(C)OC2c2cc(C(=O)OC)c(o2)C1)OC3=O. The summed E-state index contributed by atoms with van der Waals surface area (Å²) in [4.78, 5) is 24.8. The van der Waals surface area contributed by atoms with Gasteiger partial charge in [-0.1, -0.05) is 12.2 Å². The molecule has 4 aliphatic heterocycles. The van der Waals surface area contributed by atoms with Gasteiger partial charge in [0.2, 0.25) is 0 Å². The van der Waals surface area contributed by atoms with Gasteiger partial charge in [-0.2, -0.15) is 0 Å². The minimum Gasteiger partial charge on any atom is -0.465 e. The van der Waals surface area contributed by atoms with Crippen LogP contribution < -0.4 is 0 Å². The number of hydrogen-bond acceptors (Lipinski definition) is 7. The maximum atomic E-state index is 12.5. The summed E-state index contributed by atoms with van der Waals surface area (Å²) >= 11 is 0. The maximum absolute atomic E-state index is 12.5. The largest absolute Gasteiger partial charge is 0.465 e. The van der Waals surface area contributed by atoms with Crippen LogP contribution in [0.3, 0.4) is 0 Å². The predicted octanol–water partition coefficient (Wildman–Crippen LogP) is 2.88. The van der Waals surface area contributed by atoms with E-state index in [0.717, 1.165) is 5.57 Å². The molecular weight excluding hydrogens is 364 g/mol. The van der Waals surface area contributed by atoms with Gasteiger partial charge >= 0.3 is 11.9 Å². The van der Waals surface area contributed by atoms with E-state index >= 15 is 0 Å². The number of carbonyl (C=O) groups is 2. The van der Waals surface area contributed by atoms with Crippen molar-refractivity contribution in [2.45, 2.75) is 69.0 Å². The van der Waals surface area contributed by atoms with Crippen LogP contribution in [0.2, 0.25) is 0 Å². The van der Waals surface area contributed by atoms with Gasteiger partial charge in [0.05, 0.1) is 7.11 Å². The molecule has 7 nitrogen and oxygen atoms in total. The van der Waals surface area contributed by atoms with Crippen LogP contribution >= 0.6 is 0 Å². The Bertz CT molecular complexity index is 885. The van der Waals surface area contributed by atoms with E-state index in [-0.39, 0.29) is 30.2 Å². The summed E-state index contributed by atoms with van der Waals surface area (Å²) in [5.41, 5.74) is 0.0451. The third kappa shape index (κ3) is 2.49. The van der Waals surface area contributed by atoms with E-state index in [1.165, 1.54) is 7.11 Å². The smallest absolute Gasteiger partial charge is 0.341 e. The Labute approximate surface area is 162 Å². The van der Waals surface area contributed by atoms with Crippen LogP contribution in [0.4, 0.5) is 0 Å². The van der Waals surface area contributed by atoms with Gasteiger partial charge in [0.1, 0.15) is 41.0 Å². The van der Waals surface area contributed by atoms with Crippen LogP contribution in [0.15, 0.2) is 22.6 Å². The lowest BCUT2D eigenvalue weighted by atomic mass is 9.85. The second-order valence-electron chi connectivity index (χ2n) is 8.65.